The first-order chi connectivity index (χ1) is 10.7. The molecule has 0 N–H and O–H groups in total. The highest BCUT2D eigenvalue weighted by Gasteiger charge is 2.55. The minimum Gasteiger partial charge on any atom is -0.354 e. The van der Waals surface area contributed by atoms with Gasteiger partial charge in [-0.1, -0.05) is 42.8 Å². The van der Waals surface area contributed by atoms with Crippen LogP contribution >= 0.6 is 15.9 Å². The third-order valence-corrected chi connectivity index (χ3v) is 5.66. The molecule has 1 aromatic carbocycles. The van der Waals surface area contributed by atoms with Crippen molar-refractivity contribution in [2.45, 2.75) is 71.0 Å². The molecule has 0 aromatic heterocycles. The molecular formula is C19H25BrO3. The van der Waals surface area contributed by atoms with Gasteiger partial charge in [0.15, 0.2) is 11.6 Å². The average Bonchev–Trinajstić information content (AvgIpc) is 2.54. The molecule has 23 heavy (non-hydrogen) atoms. The van der Waals surface area contributed by atoms with E-state index < -0.39 is 17.1 Å². The van der Waals surface area contributed by atoms with Crippen LogP contribution in [0.15, 0.2) is 22.7 Å². The smallest absolute Gasteiger partial charge is 0.179 e. The molecule has 1 heterocycles. The van der Waals surface area contributed by atoms with Gasteiger partial charge in [0.05, 0.1) is 0 Å². The van der Waals surface area contributed by atoms with Gasteiger partial charge in [-0.25, -0.2) is 0 Å². The zero-order valence-corrected chi connectivity index (χ0v) is 16.1. The normalized spacial score (nSPS) is 31.5. The summed E-state index contributed by atoms with van der Waals surface area (Å²) in [5, 5.41) is 0. The van der Waals surface area contributed by atoms with Gasteiger partial charge >= 0.3 is 0 Å². The van der Waals surface area contributed by atoms with Crippen LogP contribution < -0.4 is 0 Å². The second kappa shape index (κ2) is 6.48. The van der Waals surface area contributed by atoms with Crippen LogP contribution in [-0.4, -0.2) is 22.8 Å². The van der Waals surface area contributed by atoms with Crippen molar-refractivity contribution in [1.29, 1.82) is 0 Å². The van der Waals surface area contributed by atoms with Crippen LogP contribution in [0.1, 0.15) is 64.5 Å². The van der Waals surface area contributed by atoms with Gasteiger partial charge in [0.25, 0.3) is 0 Å². The molecule has 1 aromatic rings. The predicted octanol–water partition coefficient (Wildman–Crippen LogP) is 4.60. The third-order valence-electron chi connectivity index (χ3n) is 5.16. The van der Waals surface area contributed by atoms with Crippen LogP contribution in [0.25, 0.3) is 0 Å². The maximum atomic E-state index is 13.1. The molecule has 2 unspecified atom stereocenters. The van der Waals surface area contributed by atoms with Crippen molar-refractivity contribution in [1.82, 2.24) is 0 Å². The zero-order chi connectivity index (χ0) is 17.4. The largest absolute Gasteiger partial charge is 0.354 e. The van der Waals surface area contributed by atoms with Crippen LogP contribution in [0.3, 0.4) is 0 Å². The van der Waals surface area contributed by atoms with Crippen molar-refractivity contribution in [3.05, 3.63) is 33.8 Å². The van der Waals surface area contributed by atoms with Crippen molar-refractivity contribution in [2.75, 3.05) is 0 Å². The summed E-state index contributed by atoms with van der Waals surface area (Å²) in [6.07, 6.45) is 1.89. The number of carbonyl (C=O) groups excluding carboxylic acids is 2. The van der Waals surface area contributed by atoms with Crippen molar-refractivity contribution in [3.8, 4) is 0 Å². The Balaban J connectivity index is 2.63. The van der Waals surface area contributed by atoms with Gasteiger partial charge in [0.2, 0.25) is 0 Å². The van der Waals surface area contributed by atoms with Crippen molar-refractivity contribution in [3.63, 3.8) is 0 Å². The van der Waals surface area contributed by atoms with E-state index in [4.69, 9.17) is 4.74 Å². The molecule has 4 heteroatoms. The number of aryl methyl sites for hydroxylation is 1. The Hall–Kier alpha value is -1.00. The molecule has 2 atom stereocenters. The van der Waals surface area contributed by atoms with Gasteiger partial charge in [-0.05, 0) is 56.4 Å². The fraction of sp³-hybridized carbons (Fsp3) is 0.579. The summed E-state index contributed by atoms with van der Waals surface area (Å²) >= 11 is 3.47. The SMILES string of the molecule is CCc1cc(Br)ccc1C1C(=O)C(C)(CC)OC(C)(CC)C1=O. The van der Waals surface area contributed by atoms with E-state index in [9.17, 15) is 9.59 Å². The first-order valence-corrected chi connectivity index (χ1v) is 9.08. The van der Waals surface area contributed by atoms with Gasteiger partial charge in [-0.2, -0.15) is 0 Å². The van der Waals surface area contributed by atoms with E-state index in [1.165, 1.54) is 0 Å². The third kappa shape index (κ3) is 3.03. The molecule has 3 nitrogen and oxygen atoms in total. The van der Waals surface area contributed by atoms with Gasteiger partial charge < -0.3 is 4.74 Å². The molecule has 1 saturated heterocycles. The molecule has 1 aliphatic rings. The summed E-state index contributed by atoms with van der Waals surface area (Å²) in [6.45, 7) is 9.53. The molecule has 1 aliphatic heterocycles. The monoisotopic (exact) mass is 380 g/mol. The molecule has 1 fully saturated rings. The Morgan fingerprint density at radius 2 is 1.57 bits per heavy atom. The van der Waals surface area contributed by atoms with Gasteiger partial charge in [-0.15, -0.1) is 0 Å². The maximum absolute atomic E-state index is 13.1. The molecule has 0 spiro atoms. The number of halogens is 1. The summed E-state index contributed by atoms with van der Waals surface area (Å²) in [5.41, 5.74) is 0.0290. The number of rotatable bonds is 4. The Bertz CT molecular complexity index is 612. The molecule has 0 radical (unpaired) electrons. The lowest BCUT2D eigenvalue weighted by Crippen LogP contribution is -2.60. The zero-order valence-electron chi connectivity index (χ0n) is 14.5. The number of hydrogen-bond donors (Lipinski definition) is 0. The highest BCUT2D eigenvalue weighted by Crippen LogP contribution is 2.42. The highest BCUT2D eigenvalue weighted by atomic mass is 79.9. The summed E-state index contributed by atoms with van der Waals surface area (Å²) in [5.74, 6) is -0.970. The van der Waals surface area contributed by atoms with Crippen LogP contribution in [-0.2, 0) is 20.7 Å². The standard InChI is InChI=1S/C19H25BrO3/c1-6-12-11-13(20)9-10-14(12)15-16(21)18(4,7-2)23-19(5,8-3)17(15)22/h9-11,15H,6-8H2,1-5H3. The molecule has 2 rings (SSSR count). The Morgan fingerprint density at radius 3 is 2.00 bits per heavy atom. The minimum absolute atomic E-state index is 0.118. The second-order valence-electron chi connectivity index (χ2n) is 6.63. The van der Waals surface area contributed by atoms with Crippen molar-refractivity contribution >= 4 is 27.5 Å². The lowest BCUT2D eigenvalue weighted by Gasteiger charge is -2.45. The van der Waals surface area contributed by atoms with Crippen LogP contribution in [0.4, 0.5) is 0 Å². The predicted molar refractivity (Wildman–Crippen MR) is 94.8 cm³/mol. The van der Waals surface area contributed by atoms with Crippen molar-refractivity contribution < 1.29 is 14.3 Å². The Labute approximate surface area is 146 Å². The average molecular weight is 381 g/mol. The van der Waals surface area contributed by atoms with E-state index in [-0.39, 0.29) is 11.6 Å². The fourth-order valence-electron chi connectivity index (χ4n) is 3.26. The Kier molecular flexibility index (Phi) is 5.17. The Morgan fingerprint density at radius 1 is 1.04 bits per heavy atom. The lowest BCUT2D eigenvalue weighted by atomic mass is 9.71. The number of ether oxygens (including phenoxy) is 1. The number of ketones is 2. The van der Waals surface area contributed by atoms with Gasteiger partial charge in [0, 0.05) is 4.47 Å². The van der Waals surface area contributed by atoms with E-state index in [0.717, 1.165) is 22.0 Å². The van der Waals surface area contributed by atoms with Crippen molar-refractivity contribution in [2.24, 2.45) is 0 Å². The molecule has 0 aliphatic carbocycles. The second-order valence-corrected chi connectivity index (χ2v) is 7.54. The van der Waals surface area contributed by atoms with E-state index >= 15 is 0 Å². The lowest BCUT2D eigenvalue weighted by molar-refractivity contribution is -0.192. The molecule has 0 bridgehead atoms. The molecule has 0 amide bonds. The summed E-state index contributed by atoms with van der Waals surface area (Å²) in [7, 11) is 0. The van der Waals surface area contributed by atoms with E-state index in [2.05, 4.69) is 15.9 Å². The van der Waals surface area contributed by atoms with Crippen LogP contribution in [0, 0.1) is 0 Å². The van der Waals surface area contributed by atoms with E-state index in [1.54, 1.807) is 0 Å². The molecular weight excluding hydrogens is 356 g/mol. The summed E-state index contributed by atoms with van der Waals surface area (Å²) < 4.78 is 6.98. The quantitative estimate of drug-likeness (QED) is 0.716. The van der Waals surface area contributed by atoms with Gasteiger partial charge in [0.1, 0.15) is 17.1 Å². The number of carbonyl (C=O) groups is 2. The fourth-order valence-corrected chi connectivity index (χ4v) is 3.67. The van der Waals surface area contributed by atoms with Crippen LogP contribution in [0.5, 0.6) is 0 Å². The topological polar surface area (TPSA) is 43.4 Å². The first-order valence-electron chi connectivity index (χ1n) is 8.29. The maximum Gasteiger partial charge on any atom is 0.179 e. The molecule has 126 valence electrons. The van der Waals surface area contributed by atoms with Gasteiger partial charge in [-0.3, -0.25) is 9.59 Å². The number of Topliss-reactive ketones (excluding diaryl/α,β-unsaturated/α-hetero) is 2. The number of hydrogen-bond acceptors (Lipinski definition) is 3. The van der Waals surface area contributed by atoms with E-state index in [0.29, 0.717) is 12.8 Å². The van der Waals surface area contributed by atoms with E-state index in [1.807, 2.05) is 52.8 Å². The molecule has 0 saturated carbocycles. The summed E-state index contributed by atoms with van der Waals surface area (Å²) in [4.78, 5) is 26.2. The first kappa shape index (κ1) is 18.3. The van der Waals surface area contributed by atoms with Crippen LogP contribution in [0.2, 0.25) is 0 Å². The highest BCUT2D eigenvalue weighted by molar-refractivity contribution is 9.10. The number of benzene rings is 1. The summed E-state index contributed by atoms with van der Waals surface area (Å²) in [6, 6.07) is 5.80. The minimum atomic E-state index is -0.915.